The van der Waals surface area contributed by atoms with Crippen LogP contribution in [0.3, 0.4) is 0 Å². The molecule has 0 aromatic rings. The molecule has 7 heteroatoms. The van der Waals surface area contributed by atoms with E-state index in [2.05, 4.69) is 0 Å². The van der Waals surface area contributed by atoms with Crippen LogP contribution in [0.4, 0.5) is 0 Å². The smallest absolute Gasteiger partial charge is 0.235 e. The Morgan fingerprint density at radius 1 is 1.40 bits per heavy atom. The molecule has 1 saturated heterocycles. The van der Waals surface area contributed by atoms with E-state index >= 15 is 0 Å². The minimum atomic E-state index is -3.31. The molecule has 88 valence electrons. The highest BCUT2D eigenvalue weighted by Crippen LogP contribution is 2.22. The van der Waals surface area contributed by atoms with E-state index in [1.807, 2.05) is 0 Å². The van der Waals surface area contributed by atoms with Gasteiger partial charge in [-0.3, -0.25) is 4.79 Å². The molecule has 4 N–H and O–H groups in total. The third-order valence-electron chi connectivity index (χ3n) is 2.51. The Morgan fingerprint density at radius 2 is 2.07 bits per heavy atom. The summed E-state index contributed by atoms with van der Waals surface area (Å²) in [6.07, 6.45) is 1.74. The van der Waals surface area contributed by atoms with Crippen molar-refractivity contribution in [3.63, 3.8) is 0 Å². The molecule has 0 radical (unpaired) electrons. The quantitative estimate of drug-likeness (QED) is 0.553. The molecule has 1 rings (SSSR count). The van der Waals surface area contributed by atoms with Gasteiger partial charge in [0, 0.05) is 6.54 Å². The van der Waals surface area contributed by atoms with E-state index < -0.39 is 22.0 Å². The molecule has 1 fully saturated rings. The van der Waals surface area contributed by atoms with Gasteiger partial charge in [-0.15, -0.1) is 0 Å². The maximum atomic E-state index is 11.7. The number of sulfonamides is 1. The van der Waals surface area contributed by atoms with Crippen LogP contribution in [0.1, 0.15) is 19.3 Å². The summed E-state index contributed by atoms with van der Waals surface area (Å²) in [5, 5.41) is 0. The van der Waals surface area contributed by atoms with Gasteiger partial charge in [-0.25, -0.2) is 8.42 Å². The van der Waals surface area contributed by atoms with Gasteiger partial charge < -0.3 is 11.5 Å². The fraction of sp³-hybridized carbons (Fsp3) is 0.875. The molecule has 0 bridgehead atoms. The van der Waals surface area contributed by atoms with Crippen LogP contribution in [0, 0.1) is 0 Å². The average Bonchev–Trinajstić information content (AvgIpc) is 1.99. The van der Waals surface area contributed by atoms with Crippen LogP contribution >= 0.6 is 0 Å². The number of nitrogens with two attached hydrogens (primary N) is 2. The summed E-state index contributed by atoms with van der Waals surface area (Å²) >= 11 is 0. The molecule has 0 aromatic carbocycles. The second-order valence-electron chi connectivity index (χ2n) is 3.63. The van der Waals surface area contributed by atoms with E-state index in [4.69, 9.17) is 11.5 Å². The predicted octanol–water partition coefficient (Wildman–Crippen LogP) is -1.39. The zero-order valence-electron chi connectivity index (χ0n) is 8.55. The van der Waals surface area contributed by atoms with Gasteiger partial charge in [0.2, 0.25) is 15.9 Å². The maximum absolute atomic E-state index is 11.7. The Bertz CT molecular complexity index is 328. The first-order chi connectivity index (χ1) is 6.99. The van der Waals surface area contributed by atoms with Crippen molar-refractivity contribution in [2.75, 3.05) is 18.8 Å². The van der Waals surface area contributed by atoms with Crippen LogP contribution in [-0.4, -0.2) is 43.5 Å². The van der Waals surface area contributed by atoms with Gasteiger partial charge in [0.1, 0.15) is 6.04 Å². The molecule has 1 heterocycles. The van der Waals surface area contributed by atoms with Crippen molar-refractivity contribution < 1.29 is 13.2 Å². The highest BCUT2D eigenvalue weighted by atomic mass is 32.2. The molecule has 1 atom stereocenters. The van der Waals surface area contributed by atoms with Crippen LogP contribution in [0.2, 0.25) is 0 Å². The number of unbranched alkanes of at least 4 members (excludes halogenated alkanes) is 1. The lowest BCUT2D eigenvalue weighted by molar-refractivity contribution is -0.124. The van der Waals surface area contributed by atoms with Crippen LogP contribution in [-0.2, 0) is 14.8 Å². The summed E-state index contributed by atoms with van der Waals surface area (Å²) in [7, 11) is -3.31. The number of carbonyl (C=O) groups excluding carboxylic acids is 1. The molecular weight excluding hydrogens is 218 g/mol. The van der Waals surface area contributed by atoms with Crippen molar-refractivity contribution in [3.05, 3.63) is 0 Å². The zero-order valence-corrected chi connectivity index (χ0v) is 9.37. The number of hydrogen-bond donors (Lipinski definition) is 2. The lowest BCUT2D eigenvalue weighted by Crippen LogP contribution is -2.57. The molecule has 15 heavy (non-hydrogen) atoms. The highest BCUT2D eigenvalue weighted by Gasteiger charge is 2.40. The van der Waals surface area contributed by atoms with Crippen molar-refractivity contribution in [3.8, 4) is 0 Å². The molecule has 0 saturated carbocycles. The third-order valence-corrected chi connectivity index (χ3v) is 4.47. The summed E-state index contributed by atoms with van der Waals surface area (Å²) in [5.41, 5.74) is 10.3. The van der Waals surface area contributed by atoms with E-state index in [-0.39, 0.29) is 5.75 Å². The number of amides is 1. The van der Waals surface area contributed by atoms with Gasteiger partial charge in [-0.05, 0) is 25.8 Å². The fourth-order valence-corrected chi connectivity index (χ4v) is 3.31. The maximum Gasteiger partial charge on any atom is 0.235 e. The van der Waals surface area contributed by atoms with Crippen molar-refractivity contribution in [2.24, 2.45) is 11.5 Å². The fourth-order valence-electron chi connectivity index (χ4n) is 1.53. The van der Waals surface area contributed by atoms with Gasteiger partial charge in [0.05, 0.1) is 5.75 Å². The van der Waals surface area contributed by atoms with E-state index in [0.717, 1.165) is 0 Å². The number of carbonyl (C=O) groups is 1. The van der Waals surface area contributed by atoms with Gasteiger partial charge >= 0.3 is 0 Å². The van der Waals surface area contributed by atoms with Crippen molar-refractivity contribution in [1.82, 2.24) is 4.31 Å². The van der Waals surface area contributed by atoms with Crippen LogP contribution < -0.4 is 11.5 Å². The molecule has 6 nitrogen and oxygen atoms in total. The normalized spacial score (nSPS) is 22.3. The summed E-state index contributed by atoms with van der Waals surface area (Å²) in [5.74, 6) is -0.516. The lowest BCUT2D eigenvalue weighted by Gasteiger charge is -2.37. The number of nitrogens with zero attached hydrogens (tertiary/aromatic N) is 1. The Hall–Kier alpha value is -0.660. The molecule has 0 aliphatic carbocycles. The summed E-state index contributed by atoms with van der Waals surface area (Å²) in [6, 6.07) is -0.632. The van der Waals surface area contributed by atoms with Gasteiger partial charge in [-0.1, -0.05) is 0 Å². The van der Waals surface area contributed by atoms with Crippen molar-refractivity contribution in [2.45, 2.75) is 25.3 Å². The van der Waals surface area contributed by atoms with Crippen LogP contribution in [0.25, 0.3) is 0 Å². The first kappa shape index (κ1) is 12.4. The molecule has 1 aliphatic rings. The SMILES string of the molecule is NCCCCS(=O)(=O)N1CCC1C(N)=O. The monoisotopic (exact) mass is 235 g/mol. The topological polar surface area (TPSA) is 106 Å². The highest BCUT2D eigenvalue weighted by molar-refractivity contribution is 7.89. The predicted molar refractivity (Wildman–Crippen MR) is 56.4 cm³/mol. The van der Waals surface area contributed by atoms with E-state index in [9.17, 15) is 13.2 Å². The molecular formula is C8H17N3O3S. The van der Waals surface area contributed by atoms with Crippen molar-refractivity contribution >= 4 is 15.9 Å². The van der Waals surface area contributed by atoms with Gasteiger partial charge in [0.25, 0.3) is 0 Å². The minimum Gasteiger partial charge on any atom is -0.368 e. The first-order valence-corrected chi connectivity index (χ1v) is 6.59. The van der Waals surface area contributed by atoms with Crippen LogP contribution in [0.5, 0.6) is 0 Å². The van der Waals surface area contributed by atoms with Crippen molar-refractivity contribution in [1.29, 1.82) is 0 Å². The Morgan fingerprint density at radius 3 is 2.47 bits per heavy atom. The number of primary amides is 1. The summed E-state index contributed by atoms with van der Waals surface area (Å²) in [6.45, 7) is 0.882. The second kappa shape index (κ2) is 4.91. The standard InChI is InChI=1S/C8H17N3O3S/c9-4-1-2-6-15(13,14)11-5-3-7(11)8(10)12/h7H,1-6,9H2,(H2,10,12). The molecule has 0 aromatic heterocycles. The Balaban J connectivity index is 2.51. The molecule has 1 unspecified atom stereocenters. The van der Waals surface area contributed by atoms with Gasteiger partial charge in [-0.2, -0.15) is 4.31 Å². The average molecular weight is 235 g/mol. The van der Waals surface area contributed by atoms with E-state index in [0.29, 0.717) is 32.4 Å². The van der Waals surface area contributed by atoms with Gasteiger partial charge in [0.15, 0.2) is 0 Å². The summed E-state index contributed by atoms with van der Waals surface area (Å²) in [4.78, 5) is 10.9. The molecule has 1 amide bonds. The van der Waals surface area contributed by atoms with E-state index in [1.165, 1.54) is 4.31 Å². The Kier molecular flexibility index (Phi) is 4.06. The lowest BCUT2D eigenvalue weighted by atomic mass is 10.1. The second-order valence-corrected chi connectivity index (χ2v) is 5.67. The Labute approximate surface area is 89.6 Å². The van der Waals surface area contributed by atoms with Crippen LogP contribution in [0.15, 0.2) is 0 Å². The summed E-state index contributed by atoms with van der Waals surface area (Å²) < 4.78 is 24.5. The minimum absolute atomic E-state index is 0.0496. The largest absolute Gasteiger partial charge is 0.368 e. The zero-order chi connectivity index (χ0) is 11.5. The number of rotatable bonds is 6. The molecule has 1 aliphatic heterocycles. The van der Waals surface area contributed by atoms with E-state index in [1.54, 1.807) is 0 Å². The first-order valence-electron chi connectivity index (χ1n) is 4.98. The number of hydrogen-bond acceptors (Lipinski definition) is 4. The third kappa shape index (κ3) is 2.90. The molecule has 0 spiro atoms.